The molecule has 6 heteroatoms. The topological polar surface area (TPSA) is 51.7 Å². The van der Waals surface area contributed by atoms with Crippen LogP contribution < -0.4 is 9.64 Å². The van der Waals surface area contributed by atoms with E-state index in [4.69, 9.17) is 14.5 Å². The van der Waals surface area contributed by atoms with E-state index in [0.717, 1.165) is 66.2 Å². The fourth-order valence-electron chi connectivity index (χ4n) is 3.84. The normalized spacial score (nSPS) is 21.1. The molecule has 2 aliphatic rings. The predicted octanol–water partition coefficient (Wildman–Crippen LogP) is 4.01. The number of rotatable bonds is 5. The van der Waals surface area contributed by atoms with E-state index in [1.54, 1.807) is 18.4 Å². The lowest BCUT2D eigenvalue weighted by atomic mass is 10.1. The van der Waals surface area contributed by atoms with Crippen LogP contribution in [0.2, 0.25) is 0 Å². The Morgan fingerprint density at radius 2 is 2.16 bits per heavy atom. The number of nitrogens with zero attached hydrogens (tertiary/aromatic N) is 2. The average Bonchev–Trinajstić information content (AvgIpc) is 3.39. The van der Waals surface area contributed by atoms with Crippen molar-refractivity contribution in [1.29, 1.82) is 0 Å². The summed E-state index contributed by atoms with van der Waals surface area (Å²) in [7, 11) is 1.65. The minimum atomic E-state index is 0.124. The highest BCUT2D eigenvalue weighted by atomic mass is 32.1. The minimum absolute atomic E-state index is 0.124. The van der Waals surface area contributed by atoms with Crippen LogP contribution in [0.1, 0.15) is 38.5 Å². The monoisotopic (exact) mass is 360 g/mol. The number of methoxy groups -OCH3 is 1. The van der Waals surface area contributed by atoms with Crippen LogP contribution in [0.3, 0.4) is 0 Å². The number of benzene rings is 1. The third-order valence-electron chi connectivity index (χ3n) is 5.20. The molecular weight excluding hydrogens is 336 g/mol. The Kier molecular flexibility index (Phi) is 4.90. The maximum absolute atomic E-state index is 13.2. The molecule has 1 aromatic carbocycles. The Balaban J connectivity index is 1.67. The first-order valence-electron chi connectivity index (χ1n) is 9.13. The minimum Gasteiger partial charge on any atom is -0.494 e. The Hall–Kier alpha value is -1.66. The number of ether oxygens (including phenoxy) is 2. The van der Waals surface area contributed by atoms with E-state index in [1.165, 1.54) is 0 Å². The van der Waals surface area contributed by atoms with Crippen molar-refractivity contribution in [3.05, 3.63) is 18.2 Å². The molecule has 0 N–H and O–H groups in total. The van der Waals surface area contributed by atoms with E-state index in [2.05, 4.69) is 0 Å². The van der Waals surface area contributed by atoms with E-state index < -0.39 is 0 Å². The van der Waals surface area contributed by atoms with Gasteiger partial charge in [0.2, 0.25) is 5.91 Å². The molecule has 1 saturated heterocycles. The lowest BCUT2D eigenvalue weighted by molar-refractivity contribution is -0.122. The molecule has 0 unspecified atom stereocenters. The van der Waals surface area contributed by atoms with Gasteiger partial charge in [-0.3, -0.25) is 9.69 Å². The highest BCUT2D eigenvalue weighted by Crippen LogP contribution is 2.36. The maximum atomic E-state index is 13.2. The molecule has 1 atom stereocenters. The summed E-state index contributed by atoms with van der Waals surface area (Å²) < 4.78 is 12.3. The summed E-state index contributed by atoms with van der Waals surface area (Å²) in [5.41, 5.74) is 0.835. The zero-order chi connectivity index (χ0) is 17.2. The van der Waals surface area contributed by atoms with E-state index in [9.17, 15) is 4.79 Å². The fraction of sp³-hybridized carbons (Fsp3) is 0.579. The lowest BCUT2D eigenvalue weighted by Gasteiger charge is -2.25. The molecule has 1 aliphatic heterocycles. The molecule has 1 saturated carbocycles. The number of para-hydroxylation sites is 1. The van der Waals surface area contributed by atoms with Crippen molar-refractivity contribution in [2.75, 3.05) is 25.2 Å². The fourth-order valence-corrected chi connectivity index (χ4v) is 4.84. The van der Waals surface area contributed by atoms with Gasteiger partial charge in [0, 0.05) is 12.5 Å². The van der Waals surface area contributed by atoms with Crippen LogP contribution in [0.4, 0.5) is 5.13 Å². The molecule has 2 heterocycles. The first-order valence-corrected chi connectivity index (χ1v) is 9.94. The van der Waals surface area contributed by atoms with Crippen LogP contribution in [0.15, 0.2) is 18.2 Å². The maximum Gasteiger partial charge on any atom is 0.231 e. The number of hydrogen-bond donors (Lipinski definition) is 0. The number of carbonyl (C=O) groups excluding carboxylic acids is 1. The Morgan fingerprint density at radius 3 is 2.88 bits per heavy atom. The zero-order valence-electron chi connectivity index (χ0n) is 14.6. The third kappa shape index (κ3) is 3.37. The lowest BCUT2D eigenvalue weighted by Crippen LogP contribution is -2.40. The van der Waals surface area contributed by atoms with E-state index in [0.29, 0.717) is 6.54 Å². The van der Waals surface area contributed by atoms with Crippen molar-refractivity contribution < 1.29 is 14.3 Å². The molecule has 2 fully saturated rings. The van der Waals surface area contributed by atoms with Gasteiger partial charge in [-0.05, 0) is 37.8 Å². The van der Waals surface area contributed by atoms with Crippen LogP contribution >= 0.6 is 11.3 Å². The molecule has 4 rings (SSSR count). The van der Waals surface area contributed by atoms with Gasteiger partial charge in [-0.15, -0.1) is 0 Å². The summed E-state index contributed by atoms with van der Waals surface area (Å²) >= 11 is 1.56. The van der Waals surface area contributed by atoms with E-state index in [1.807, 2.05) is 23.1 Å². The molecule has 0 radical (unpaired) electrons. The van der Waals surface area contributed by atoms with Crippen molar-refractivity contribution in [3.8, 4) is 5.75 Å². The molecule has 1 aliphatic carbocycles. The highest BCUT2D eigenvalue weighted by Gasteiger charge is 2.32. The van der Waals surface area contributed by atoms with Crippen molar-refractivity contribution in [2.45, 2.75) is 44.6 Å². The van der Waals surface area contributed by atoms with Crippen LogP contribution in [0.25, 0.3) is 10.2 Å². The van der Waals surface area contributed by atoms with Crippen LogP contribution in [-0.2, 0) is 9.53 Å². The van der Waals surface area contributed by atoms with Crippen LogP contribution in [-0.4, -0.2) is 37.3 Å². The number of thiazole rings is 1. The number of anilines is 1. The van der Waals surface area contributed by atoms with Crippen molar-refractivity contribution in [2.24, 2.45) is 5.92 Å². The molecule has 25 heavy (non-hydrogen) atoms. The first kappa shape index (κ1) is 16.8. The van der Waals surface area contributed by atoms with Gasteiger partial charge < -0.3 is 9.47 Å². The molecule has 0 spiro atoms. The highest BCUT2D eigenvalue weighted by molar-refractivity contribution is 7.22. The van der Waals surface area contributed by atoms with Crippen LogP contribution in [0.5, 0.6) is 5.75 Å². The zero-order valence-corrected chi connectivity index (χ0v) is 15.4. The predicted molar refractivity (Wildman–Crippen MR) is 99.5 cm³/mol. The number of carbonyl (C=O) groups is 1. The van der Waals surface area contributed by atoms with Gasteiger partial charge in [0.25, 0.3) is 0 Å². The van der Waals surface area contributed by atoms with Gasteiger partial charge in [-0.2, -0.15) is 0 Å². The van der Waals surface area contributed by atoms with Gasteiger partial charge in [0.1, 0.15) is 11.3 Å². The summed E-state index contributed by atoms with van der Waals surface area (Å²) in [6.07, 6.45) is 6.51. The SMILES string of the molecule is COc1cccc2sc(N(C[C@H]3CCCO3)C(=O)C3CCCC3)nc12. The Bertz CT molecular complexity index is 748. The number of amides is 1. The quantitative estimate of drug-likeness (QED) is 0.808. The Morgan fingerprint density at radius 1 is 1.32 bits per heavy atom. The van der Waals surface area contributed by atoms with E-state index >= 15 is 0 Å². The molecule has 1 aromatic heterocycles. The first-order chi connectivity index (χ1) is 12.3. The number of aromatic nitrogens is 1. The average molecular weight is 360 g/mol. The van der Waals surface area contributed by atoms with Gasteiger partial charge in [0.15, 0.2) is 5.13 Å². The van der Waals surface area contributed by atoms with Gasteiger partial charge in [0.05, 0.1) is 24.5 Å². The summed E-state index contributed by atoms with van der Waals surface area (Å²) in [6, 6.07) is 5.91. The van der Waals surface area contributed by atoms with Crippen LogP contribution in [0, 0.1) is 5.92 Å². The summed E-state index contributed by atoms with van der Waals surface area (Å²) in [6.45, 7) is 1.40. The summed E-state index contributed by atoms with van der Waals surface area (Å²) in [4.78, 5) is 19.8. The van der Waals surface area contributed by atoms with Gasteiger partial charge in [-0.25, -0.2) is 4.98 Å². The van der Waals surface area contributed by atoms with Crippen molar-refractivity contribution >= 4 is 32.6 Å². The second-order valence-corrected chi connectivity index (χ2v) is 7.88. The molecule has 0 bridgehead atoms. The molecule has 1 amide bonds. The summed E-state index contributed by atoms with van der Waals surface area (Å²) in [5, 5.41) is 0.770. The Labute approximate surface area is 151 Å². The largest absolute Gasteiger partial charge is 0.494 e. The smallest absolute Gasteiger partial charge is 0.231 e. The molecular formula is C19H24N2O3S. The number of fused-ring (bicyclic) bond motifs is 1. The second-order valence-electron chi connectivity index (χ2n) is 6.87. The van der Waals surface area contributed by atoms with Crippen molar-refractivity contribution in [3.63, 3.8) is 0 Å². The molecule has 5 nitrogen and oxygen atoms in total. The van der Waals surface area contributed by atoms with Gasteiger partial charge in [-0.1, -0.05) is 30.2 Å². The van der Waals surface area contributed by atoms with E-state index in [-0.39, 0.29) is 17.9 Å². The number of hydrogen-bond acceptors (Lipinski definition) is 5. The second kappa shape index (κ2) is 7.30. The molecule has 2 aromatic rings. The molecule has 134 valence electrons. The van der Waals surface area contributed by atoms with Crippen molar-refractivity contribution in [1.82, 2.24) is 4.98 Å². The van der Waals surface area contributed by atoms with Gasteiger partial charge >= 0.3 is 0 Å². The third-order valence-corrected chi connectivity index (χ3v) is 6.25. The summed E-state index contributed by atoms with van der Waals surface area (Å²) in [5.74, 6) is 1.10. The standard InChI is InChI=1S/C19H24N2O3S/c1-23-15-9-4-10-16-17(15)20-19(25-16)21(12-14-8-5-11-24-14)18(22)13-6-2-3-7-13/h4,9-10,13-14H,2-3,5-8,11-12H2,1H3/t14-/m1/s1.